The van der Waals surface area contributed by atoms with E-state index in [-0.39, 0.29) is 30.0 Å². The monoisotopic (exact) mass is 348 g/mol. The van der Waals surface area contributed by atoms with E-state index in [9.17, 15) is 13.6 Å². The molecule has 1 atom stereocenters. The van der Waals surface area contributed by atoms with Crippen LogP contribution in [0.1, 0.15) is 30.1 Å². The van der Waals surface area contributed by atoms with Gasteiger partial charge in [0.05, 0.1) is 6.04 Å². The van der Waals surface area contributed by atoms with Crippen LogP contribution in [-0.4, -0.2) is 28.6 Å². The molecule has 0 saturated carbocycles. The lowest BCUT2D eigenvalue weighted by atomic mass is 10.0. The number of carbonyl (C=O) groups is 1. The average molecular weight is 348 g/mol. The summed E-state index contributed by atoms with van der Waals surface area (Å²) in [4.78, 5) is 14.3. The van der Waals surface area contributed by atoms with Gasteiger partial charge in [0, 0.05) is 18.7 Å². The fraction of sp³-hybridized carbons (Fsp3) is 0.333. The maximum atomic E-state index is 13.1. The lowest BCUT2D eigenvalue weighted by Crippen LogP contribution is -2.39. The molecule has 0 bridgehead atoms. The Kier molecular flexibility index (Phi) is 4.83. The second-order valence-corrected chi connectivity index (χ2v) is 6.16. The molecule has 0 N–H and O–H groups in total. The first-order chi connectivity index (χ1) is 12.0. The van der Waals surface area contributed by atoms with E-state index in [4.69, 9.17) is 9.26 Å². The number of hydrogen-bond acceptors (Lipinski definition) is 4. The van der Waals surface area contributed by atoms with Crippen molar-refractivity contribution in [3.63, 3.8) is 0 Å². The predicted molar refractivity (Wildman–Crippen MR) is 86.0 cm³/mol. The highest BCUT2D eigenvalue weighted by molar-refractivity contribution is 5.93. The molecule has 1 amide bonds. The van der Waals surface area contributed by atoms with Gasteiger partial charge < -0.3 is 14.2 Å². The summed E-state index contributed by atoms with van der Waals surface area (Å²) in [5.74, 6) is -1.38. The largest absolute Gasteiger partial charge is 0.485 e. The fourth-order valence-electron chi connectivity index (χ4n) is 2.69. The third-order valence-electron chi connectivity index (χ3n) is 3.99. The molecule has 132 valence electrons. The summed E-state index contributed by atoms with van der Waals surface area (Å²) in [6, 6.07) is 4.76. The first-order valence-electron chi connectivity index (χ1n) is 7.97. The molecular weight excluding hydrogens is 330 g/mol. The summed E-state index contributed by atoms with van der Waals surface area (Å²) in [5, 5.41) is 3.79. The second-order valence-electron chi connectivity index (χ2n) is 6.16. The van der Waals surface area contributed by atoms with Crippen molar-refractivity contribution in [1.82, 2.24) is 10.1 Å². The summed E-state index contributed by atoms with van der Waals surface area (Å²) < 4.78 is 36.5. The highest BCUT2D eigenvalue weighted by Crippen LogP contribution is 2.21. The second kappa shape index (κ2) is 7.04. The van der Waals surface area contributed by atoms with Gasteiger partial charge >= 0.3 is 0 Å². The maximum absolute atomic E-state index is 13.1. The van der Waals surface area contributed by atoms with Crippen molar-refractivity contribution >= 4 is 5.91 Å². The van der Waals surface area contributed by atoms with E-state index >= 15 is 0 Å². The minimum atomic E-state index is -0.993. The van der Waals surface area contributed by atoms with Crippen LogP contribution in [0.25, 0.3) is 0 Å². The number of hydrogen-bond donors (Lipinski definition) is 0. The number of carbonyl (C=O) groups excluding carboxylic acids is 1. The van der Waals surface area contributed by atoms with Crippen LogP contribution in [0.4, 0.5) is 8.78 Å². The van der Waals surface area contributed by atoms with Crippen LogP contribution in [0.2, 0.25) is 0 Å². The van der Waals surface area contributed by atoms with Crippen molar-refractivity contribution in [3.05, 3.63) is 59.5 Å². The van der Waals surface area contributed by atoms with Crippen molar-refractivity contribution in [3.8, 4) is 5.75 Å². The summed E-state index contributed by atoms with van der Waals surface area (Å²) >= 11 is 0. The van der Waals surface area contributed by atoms with Gasteiger partial charge in [-0.25, -0.2) is 8.78 Å². The molecule has 0 saturated heterocycles. The zero-order chi connectivity index (χ0) is 18.0. The van der Waals surface area contributed by atoms with Crippen molar-refractivity contribution in [2.45, 2.75) is 26.5 Å². The number of rotatable bonds is 5. The molecule has 1 aliphatic rings. The molecule has 2 heterocycles. The third-order valence-corrected chi connectivity index (χ3v) is 3.99. The number of amides is 1. The maximum Gasteiger partial charge on any atom is 0.276 e. The molecule has 5 nitrogen and oxygen atoms in total. The molecule has 0 fully saturated rings. The standard InChI is InChI=1S/C18H18F2N2O3/c1-11(2)17-4-3-7-22(17)18(23)16-9-13(25-21-16)10-24-12-5-6-14(19)15(20)8-12/h3-6,8-9,11,17H,7,10H2,1-2H3/t17-/m0/s1. The van der Waals surface area contributed by atoms with Crippen molar-refractivity contribution in [2.75, 3.05) is 6.54 Å². The Bertz CT molecular complexity index is 801. The molecule has 0 aliphatic carbocycles. The number of aromatic nitrogens is 1. The smallest absolute Gasteiger partial charge is 0.276 e. The number of halogens is 2. The van der Waals surface area contributed by atoms with Gasteiger partial charge in [-0.2, -0.15) is 0 Å². The van der Waals surface area contributed by atoms with E-state index in [0.29, 0.717) is 18.2 Å². The van der Waals surface area contributed by atoms with Crippen LogP contribution in [0.5, 0.6) is 5.75 Å². The van der Waals surface area contributed by atoms with Crippen LogP contribution in [0.3, 0.4) is 0 Å². The Labute approximate surface area is 143 Å². The summed E-state index contributed by atoms with van der Waals surface area (Å²) in [6.45, 7) is 4.58. The van der Waals surface area contributed by atoms with Gasteiger partial charge in [-0.15, -0.1) is 0 Å². The van der Waals surface area contributed by atoms with Crippen molar-refractivity contribution in [2.24, 2.45) is 5.92 Å². The van der Waals surface area contributed by atoms with Crippen LogP contribution < -0.4 is 4.74 Å². The van der Waals surface area contributed by atoms with E-state index in [1.54, 1.807) is 4.90 Å². The summed E-state index contributed by atoms with van der Waals surface area (Å²) in [6.07, 6.45) is 3.96. The molecule has 2 aromatic rings. The molecular formula is C18H18F2N2O3. The minimum Gasteiger partial charge on any atom is -0.485 e. The Morgan fingerprint density at radius 2 is 2.16 bits per heavy atom. The topological polar surface area (TPSA) is 55.6 Å². The highest BCUT2D eigenvalue weighted by Gasteiger charge is 2.29. The molecule has 0 spiro atoms. The van der Waals surface area contributed by atoms with Gasteiger partial charge in [0.15, 0.2) is 23.1 Å². The Morgan fingerprint density at radius 3 is 2.88 bits per heavy atom. The number of nitrogens with zero attached hydrogens (tertiary/aromatic N) is 2. The van der Waals surface area contributed by atoms with Gasteiger partial charge in [-0.3, -0.25) is 4.79 Å². The van der Waals surface area contributed by atoms with Gasteiger partial charge in [0.2, 0.25) is 0 Å². The van der Waals surface area contributed by atoms with Crippen molar-refractivity contribution in [1.29, 1.82) is 0 Å². The Balaban J connectivity index is 1.64. The van der Waals surface area contributed by atoms with E-state index in [1.807, 2.05) is 26.0 Å². The summed E-state index contributed by atoms with van der Waals surface area (Å²) in [5.41, 5.74) is 0.193. The van der Waals surface area contributed by atoms with Crippen LogP contribution in [0, 0.1) is 17.6 Å². The zero-order valence-corrected chi connectivity index (χ0v) is 13.9. The normalized spacial score (nSPS) is 16.7. The lowest BCUT2D eigenvalue weighted by Gasteiger charge is -2.26. The average Bonchev–Trinajstić information content (AvgIpc) is 3.24. The Hall–Kier alpha value is -2.70. The van der Waals surface area contributed by atoms with E-state index in [0.717, 1.165) is 12.1 Å². The van der Waals surface area contributed by atoms with E-state index in [2.05, 4.69) is 5.16 Å². The number of ether oxygens (including phenoxy) is 1. The zero-order valence-electron chi connectivity index (χ0n) is 13.9. The summed E-state index contributed by atoms with van der Waals surface area (Å²) in [7, 11) is 0. The molecule has 1 aromatic carbocycles. The lowest BCUT2D eigenvalue weighted by molar-refractivity contribution is 0.0709. The molecule has 0 unspecified atom stereocenters. The van der Waals surface area contributed by atoms with Gasteiger partial charge in [0.1, 0.15) is 12.4 Å². The highest BCUT2D eigenvalue weighted by atomic mass is 19.2. The van der Waals surface area contributed by atoms with Crippen molar-refractivity contribution < 1.29 is 22.8 Å². The van der Waals surface area contributed by atoms with E-state index in [1.165, 1.54) is 12.1 Å². The molecule has 7 heteroatoms. The van der Waals surface area contributed by atoms with Gasteiger partial charge in [-0.05, 0) is 18.1 Å². The molecule has 1 aromatic heterocycles. The fourth-order valence-corrected chi connectivity index (χ4v) is 2.69. The quantitative estimate of drug-likeness (QED) is 0.775. The van der Waals surface area contributed by atoms with Crippen LogP contribution in [0.15, 0.2) is 40.9 Å². The van der Waals surface area contributed by atoms with Crippen LogP contribution >= 0.6 is 0 Å². The molecule has 1 aliphatic heterocycles. The molecule has 0 radical (unpaired) electrons. The van der Waals surface area contributed by atoms with Gasteiger partial charge in [-0.1, -0.05) is 31.2 Å². The SMILES string of the molecule is CC(C)[C@@H]1C=CCN1C(=O)c1cc(COc2ccc(F)c(F)c2)on1. The predicted octanol–water partition coefficient (Wildman–Crippen LogP) is 3.57. The first-order valence-corrected chi connectivity index (χ1v) is 7.97. The molecule has 25 heavy (non-hydrogen) atoms. The first kappa shape index (κ1) is 17.1. The Morgan fingerprint density at radius 1 is 1.36 bits per heavy atom. The van der Waals surface area contributed by atoms with Gasteiger partial charge in [0.25, 0.3) is 5.91 Å². The molecule has 3 rings (SSSR count). The number of benzene rings is 1. The van der Waals surface area contributed by atoms with Crippen LogP contribution in [-0.2, 0) is 6.61 Å². The minimum absolute atomic E-state index is 0.0334. The third kappa shape index (κ3) is 3.70. The van der Waals surface area contributed by atoms with E-state index < -0.39 is 11.6 Å².